The normalized spacial score (nSPS) is 20.6. The highest BCUT2D eigenvalue weighted by Gasteiger charge is 2.43. The molecule has 0 radical (unpaired) electrons. The average Bonchev–Trinajstić information content (AvgIpc) is 2.48. The molecule has 0 amide bonds. The summed E-state index contributed by atoms with van der Waals surface area (Å²) in [4.78, 5) is 3.64. The van der Waals surface area contributed by atoms with Gasteiger partial charge in [0.15, 0.2) is 0 Å². The van der Waals surface area contributed by atoms with Gasteiger partial charge in [0.05, 0.1) is 5.60 Å². The van der Waals surface area contributed by atoms with Crippen molar-refractivity contribution in [2.24, 2.45) is 5.92 Å². The van der Waals surface area contributed by atoms with E-state index >= 15 is 0 Å². The van der Waals surface area contributed by atoms with Gasteiger partial charge in [0, 0.05) is 34.4 Å². The van der Waals surface area contributed by atoms with E-state index in [9.17, 15) is 5.11 Å². The van der Waals surface area contributed by atoms with Gasteiger partial charge in [0.25, 0.3) is 0 Å². The Morgan fingerprint density at radius 3 is 2.73 bits per heavy atom. The largest absolute Gasteiger partial charge is 0.387 e. The van der Waals surface area contributed by atoms with Crippen LogP contribution in [0.15, 0.2) is 15.9 Å². The summed E-state index contributed by atoms with van der Waals surface area (Å²) >= 11 is 5.22. The lowest BCUT2D eigenvalue weighted by molar-refractivity contribution is -0.130. The second-order valence-corrected chi connectivity index (χ2v) is 6.55. The van der Waals surface area contributed by atoms with Crippen LogP contribution >= 0.6 is 27.3 Å². The van der Waals surface area contributed by atoms with Crippen molar-refractivity contribution in [3.63, 3.8) is 0 Å². The molecule has 2 heterocycles. The Balaban J connectivity index is 1.86. The number of rotatable bonds is 3. The molecule has 0 atom stereocenters. The van der Waals surface area contributed by atoms with Gasteiger partial charge in [-0.05, 0) is 27.9 Å². The summed E-state index contributed by atoms with van der Waals surface area (Å²) < 4.78 is 1.15. The molecule has 2 rings (SSSR count). The molecule has 15 heavy (non-hydrogen) atoms. The number of halogens is 1. The first-order chi connectivity index (χ1) is 6.99. The van der Waals surface area contributed by atoms with Gasteiger partial charge < -0.3 is 5.11 Å². The van der Waals surface area contributed by atoms with Crippen molar-refractivity contribution < 1.29 is 5.11 Å². The minimum atomic E-state index is -0.450. The summed E-state index contributed by atoms with van der Waals surface area (Å²) in [6, 6.07) is 2.15. The van der Waals surface area contributed by atoms with Gasteiger partial charge >= 0.3 is 0 Å². The van der Waals surface area contributed by atoms with Gasteiger partial charge in [0.1, 0.15) is 0 Å². The maximum absolute atomic E-state index is 10.1. The topological polar surface area (TPSA) is 23.5 Å². The van der Waals surface area contributed by atoms with Crippen LogP contribution in [0.5, 0.6) is 0 Å². The predicted octanol–water partition coefficient (Wildman–Crippen LogP) is 2.71. The van der Waals surface area contributed by atoms with E-state index in [1.54, 1.807) is 11.3 Å². The molecule has 0 unspecified atom stereocenters. The maximum Gasteiger partial charge on any atom is 0.0923 e. The summed E-state index contributed by atoms with van der Waals surface area (Å²) in [6.45, 7) is 6.74. The number of β-amino-alcohol motifs (C(OH)–C–C–N with tert-alkyl or cyclic N) is 1. The molecule has 1 saturated heterocycles. The molecule has 4 heteroatoms. The van der Waals surface area contributed by atoms with Crippen molar-refractivity contribution in [2.75, 3.05) is 13.1 Å². The van der Waals surface area contributed by atoms with Gasteiger partial charge in [0.2, 0.25) is 0 Å². The quantitative estimate of drug-likeness (QED) is 0.925. The van der Waals surface area contributed by atoms with Crippen LogP contribution in [-0.4, -0.2) is 28.7 Å². The third-order valence-corrected chi connectivity index (χ3v) is 4.75. The standard InChI is InChI=1S/C11H16BrNOS/c1-8(2)11(14)6-13(7-11)4-10-3-9(12)5-15-10/h3,5,8,14H,4,6-7H2,1-2H3. The molecule has 1 aromatic heterocycles. The van der Waals surface area contributed by atoms with Crippen LogP contribution in [0, 0.1) is 5.92 Å². The fourth-order valence-corrected chi connectivity index (χ4v) is 3.35. The third-order valence-electron chi connectivity index (χ3n) is 3.07. The first-order valence-electron chi connectivity index (χ1n) is 5.17. The van der Waals surface area contributed by atoms with Crippen LogP contribution in [-0.2, 0) is 6.54 Å². The van der Waals surface area contributed by atoms with Crippen molar-refractivity contribution in [2.45, 2.75) is 26.0 Å². The van der Waals surface area contributed by atoms with E-state index in [1.165, 1.54) is 4.88 Å². The number of likely N-dealkylation sites (tertiary alicyclic amines) is 1. The van der Waals surface area contributed by atoms with Crippen molar-refractivity contribution in [3.8, 4) is 0 Å². The minimum Gasteiger partial charge on any atom is -0.387 e. The van der Waals surface area contributed by atoms with Gasteiger partial charge in [-0.15, -0.1) is 11.3 Å². The summed E-state index contributed by atoms with van der Waals surface area (Å²) in [6.07, 6.45) is 0. The summed E-state index contributed by atoms with van der Waals surface area (Å²) in [5.74, 6) is 0.351. The van der Waals surface area contributed by atoms with Crippen LogP contribution in [0.4, 0.5) is 0 Å². The van der Waals surface area contributed by atoms with E-state index in [4.69, 9.17) is 0 Å². The highest BCUT2D eigenvalue weighted by molar-refractivity contribution is 9.10. The molecular weight excluding hydrogens is 274 g/mol. The maximum atomic E-state index is 10.1. The Bertz CT molecular complexity index is 344. The van der Waals surface area contributed by atoms with Crippen LogP contribution < -0.4 is 0 Å². The smallest absolute Gasteiger partial charge is 0.0923 e. The SMILES string of the molecule is CC(C)C1(O)CN(Cc2cc(Br)cs2)C1. The molecule has 2 nitrogen and oxygen atoms in total. The zero-order chi connectivity index (χ0) is 11.1. The van der Waals surface area contributed by atoms with E-state index in [1.807, 2.05) is 0 Å². The van der Waals surface area contributed by atoms with E-state index in [0.29, 0.717) is 5.92 Å². The van der Waals surface area contributed by atoms with Crippen LogP contribution in [0.25, 0.3) is 0 Å². The Kier molecular flexibility index (Phi) is 3.22. The Morgan fingerprint density at radius 2 is 2.27 bits per heavy atom. The molecule has 0 aromatic carbocycles. The van der Waals surface area contributed by atoms with Gasteiger partial charge in [-0.3, -0.25) is 4.90 Å². The molecule has 0 spiro atoms. The zero-order valence-corrected chi connectivity index (χ0v) is 11.4. The van der Waals surface area contributed by atoms with E-state index in [2.05, 4.69) is 46.1 Å². The van der Waals surface area contributed by atoms with E-state index in [-0.39, 0.29) is 0 Å². The average molecular weight is 290 g/mol. The van der Waals surface area contributed by atoms with E-state index in [0.717, 1.165) is 24.1 Å². The Labute approximate surface area is 103 Å². The summed E-state index contributed by atoms with van der Waals surface area (Å²) in [5.41, 5.74) is -0.450. The number of hydrogen-bond donors (Lipinski definition) is 1. The van der Waals surface area contributed by atoms with Crippen LogP contribution in [0.1, 0.15) is 18.7 Å². The van der Waals surface area contributed by atoms with Crippen molar-refractivity contribution in [3.05, 3.63) is 20.8 Å². The molecule has 1 aromatic rings. The van der Waals surface area contributed by atoms with Crippen molar-refractivity contribution in [1.29, 1.82) is 0 Å². The minimum absolute atomic E-state index is 0.351. The molecule has 0 saturated carbocycles. The molecule has 0 aliphatic carbocycles. The number of aliphatic hydroxyl groups is 1. The lowest BCUT2D eigenvalue weighted by Crippen LogP contribution is -2.63. The lowest BCUT2D eigenvalue weighted by Gasteiger charge is -2.49. The summed E-state index contributed by atoms with van der Waals surface area (Å²) in [5, 5.41) is 12.2. The molecular formula is C11H16BrNOS. The second kappa shape index (κ2) is 4.17. The summed E-state index contributed by atoms with van der Waals surface area (Å²) in [7, 11) is 0. The Morgan fingerprint density at radius 1 is 1.60 bits per heavy atom. The first-order valence-corrected chi connectivity index (χ1v) is 6.84. The molecule has 0 bridgehead atoms. The lowest BCUT2D eigenvalue weighted by atomic mass is 9.83. The number of nitrogens with zero attached hydrogens (tertiary/aromatic N) is 1. The zero-order valence-electron chi connectivity index (χ0n) is 9.03. The van der Waals surface area contributed by atoms with Crippen LogP contribution in [0.2, 0.25) is 0 Å². The third kappa shape index (κ3) is 2.44. The number of thiophene rings is 1. The molecule has 1 aliphatic heterocycles. The first kappa shape index (κ1) is 11.6. The molecule has 1 fully saturated rings. The molecule has 1 aliphatic rings. The fourth-order valence-electron chi connectivity index (χ4n) is 1.86. The van der Waals surface area contributed by atoms with Crippen molar-refractivity contribution in [1.82, 2.24) is 4.90 Å². The van der Waals surface area contributed by atoms with Gasteiger partial charge in [-0.25, -0.2) is 0 Å². The highest BCUT2D eigenvalue weighted by Crippen LogP contribution is 2.31. The predicted molar refractivity (Wildman–Crippen MR) is 67.1 cm³/mol. The Hall–Kier alpha value is 0.1000. The molecule has 1 N–H and O–H groups in total. The highest BCUT2D eigenvalue weighted by atomic mass is 79.9. The van der Waals surface area contributed by atoms with Crippen molar-refractivity contribution >= 4 is 27.3 Å². The molecule has 84 valence electrons. The second-order valence-electron chi connectivity index (χ2n) is 4.63. The van der Waals surface area contributed by atoms with Gasteiger partial charge in [-0.1, -0.05) is 13.8 Å². The number of hydrogen-bond acceptors (Lipinski definition) is 3. The van der Waals surface area contributed by atoms with Crippen LogP contribution in [0.3, 0.4) is 0 Å². The van der Waals surface area contributed by atoms with E-state index < -0.39 is 5.60 Å². The fraction of sp³-hybridized carbons (Fsp3) is 0.636. The van der Waals surface area contributed by atoms with Gasteiger partial charge in [-0.2, -0.15) is 0 Å². The monoisotopic (exact) mass is 289 g/mol.